The molecule has 0 aromatic heterocycles. The lowest BCUT2D eigenvalue weighted by atomic mass is 10.3. The van der Waals surface area contributed by atoms with Crippen LogP contribution >= 0.6 is 27.7 Å². The number of rotatable bonds is 5. The van der Waals surface area contributed by atoms with Gasteiger partial charge in [-0.25, -0.2) is 0 Å². The van der Waals surface area contributed by atoms with Crippen LogP contribution in [0.2, 0.25) is 0 Å². The zero-order chi connectivity index (χ0) is 12.8. The lowest BCUT2D eigenvalue weighted by Crippen LogP contribution is -2.39. The Morgan fingerprint density at radius 1 is 1.53 bits per heavy atom. The van der Waals surface area contributed by atoms with Gasteiger partial charge in [-0.3, -0.25) is 9.59 Å². The van der Waals surface area contributed by atoms with Crippen molar-refractivity contribution in [3.05, 3.63) is 28.7 Å². The average molecular weight is 318 g/mol. The molecule has 1 amide bonds. The van der Waals surface area contributed by atoms with Crippen molar-refractivity contribution in [3.8, 4) is 0 Å². The van der Waals surface area contributed by atoms with E-state index in [1.54, 1.807) is 0 Å². The van der Waals surface area contributed by atoms with E-state index in [9.17, 15) is 9.59 Å². The van der Waals surface area contributed by atoms with Crippen LogP contribution in [0.5, 0.6) is 0 Å². The molecule has 0 aliphatic rings. The van der Waals surface area contributed by atoms with Gasteiger partial charge >= 0.3 is 5.97 Å². The van der Waals surface area contributed by atoms with E-state index < -0.39 is 12.0 Å². The minimum Gasteiger partial charge on any atom is -0.480 e. The third kappa shape index (κ3) is 5.23. The number of hydrogen-bond acceptors (Lipinski definition) is 3. The quantitative estimate of drug-likeness (QED) is 0.816. The highest BCUT2D eigenvalue weighted by molar-refractivity contribution is 9.10. The molecule has 0 heterocycles. The monoisotopic (exact) mass is 317 g/mol. The van der Waals surface area contributed by atoms with Crippen LogP contribution in [0.3, 0.4) is 0 Å². The molecule has 0 radical (unpaired) electrons. The van der Waals surface area contributed by atoms with Gasteiger partial charge in [-0.2, -0.15) is 0 Å². The maximum atomic E-state index is 11.4. The molecule has 0 aliphatic carbocycles. The molecular formula is C11H12BrNO3S. The van der Waals surface area contributed by atoms with Gasteiger partial charge < -0.3 is 10.4 Å². The number of thioether (sulfide) groups is 1. The Balaban J connectivity index is 2.41. The SMILES string of the molecule is CC(NC(=O)CSc1cccc(Br)c1)C(=O)O. The predicted molar refractivity (Wildman–Crippen MR) is 70.1 cm³/mol. The third-order valence-corrected chi connectivity index (χ3v) is 3.40. The molecule has 0 saturated carbocycles. The van der Waals surface area contributed by atoms with Crippen molar-refractivity contribution in [1.82, 2.24) is 5.32 Å². The Bertz CT molecular complexity index is 425. The van der Waals surface area contributed by atoms with Crippen molar-refractivity contribution in [2.45, 2.75) is 17.9 Å². The Morgan fingerprint density at radius 3 is 2.82 bits per heavy atom. The van der Waals surface area contributed by atoms with Gasteiger partial charge in [0.25, 0.3) is 0 Å². The summed E-state index contributed by atoms with van der Waals surface area (Å²) in [5, 5.41) is 11.0. The largest absolute Gasteiger partial charge is 0.480 e. The lowest BCUT2D eigenvalue weighted by Gasteiger charge is -2.08. The van der Waals surface area contributed by atoms with E-state index in [-0.39, 0.29) is 11.7 Å². The van der Waals surface area contributed by atoms with E-state index in [2.05, 4.69) is 21.2 Å². The second-order valence-corrected chi connectivity index (χ2v) is 5.34. The zero-order valence-corrected chi connectivity index (χ0v) is 11.5. The fourth-order valence-corrected chi connectivity index (χ4v) is 2.37. The molecular weight excluding hydrogens is 306 g/mol. The molecule has 0 bridgehead atoms. The molecule has 0 fully saturated rings. The summed E-state index contributed by atoms with van der Waals surface area (Å²) < 4.78 is 0.946. The highest BCUT2D eigenvalue weighted by atomic mass is 79.9. The predicted octanol–water partition coefficient (Wildman–Crippen LogP) is 2.13. The van der Waals surface area contributed by atoms with Crippen LogP contribution in [0.1, 0.15) is 6.92 Å². The van der Waals surface area contributed by atoms with E-state index in [4.69, 9.17) is 5.11 Å². The molecule has 1 aromatic carbocycles. The molecule has 6 heteroatoms. The number of amides is 1. The number of hydrogen-bond donors (Lipinski definition) is 2. The number of carboxylic acid groups (broad SMARTS) is 1. The fraction of sp³-hybridized carbons (Fsp3) is 0.273. The number of aliphatic carboxylic acids is 1. The van der Waals surface area contributed by atoms with Gasteiger partial charge in [0.15, 0.2) is 0 Å². The number of carbonyl (C=O) groups excluding carboxylic acids is 1. The van der Waals surface area contributed by atoms with Gasteiger partial charge in [0, 0.05) is 9.37 Å². The zero-order valence-electron chi connectivity index (χ0n) is 9.14. The number of carboxylic acids is 1. The third-order valence-electron chi connectivity index (χ3n) is 1.91. The van der Waals surface area contributed by atoms with Crippen molar-refractivity contribution in [1.29, 1.82) is 0 Å². The minimum absolute atomic E-state index is 0.202. The van der Waals surface area contributed by atoms with Crippen molar-refractivity contribution in [2.24, 2.45) is 0 Å². The summed E-state index contributed by atoms with van der Waals surface area (Å²) >= 11 is 4.70. The highest BCUT2D eigenvalue weighted by Crippen LogP contribution is 2.21. The molecule has 0 spiro atoms. The summed E-state index contributed by atoms with van der Waals surface area (Å²) in [6.45, 7) is 1.43. The number of carbonyl (C=O) groups is 2. The Labute approximate surface area is 112 Å². The Hall–Kier alpha value is -1.01. The minimum atomic E-state index is -1.04. The summed E-state index contributed by atoms with van der Waals surface area (Å²) in [7, 11) is 0. The first-order valence-corrected chi connectivity index (χ1v) is 6.67. The average Bonchev–Trinajstić information content (AvgIpc) is 2.26. The van der Waals surface area contributed by atoms with Gasteiger partial charge in [0.2, 0.25) is 5.91 Å². The van der Waals surface area contributed by atoms with Gasteiger partial charge in [-0.1, -0.05) is 22.0 Å². The first kappa shape index (κ1) is 14.1. The van der Waals surface area contributed by atoms with Gasteiger partial charge in [-0.05, 0) is 25.1 Å². The molecule has 4 nitrogen and oxygen atoms in total. The molecule has 0 aliphatic heterocycles. The van der Waals surface area contributed by atoms with Crippen molar-refractivity contribution in [3.63, 3.8) is 0 Å². The van der Waals surface area contributed by atoms with Crippen LogP contribution in [0, 0.1) is 0 Å². The van der Waals surface area contributed by atoms with E-state index in [1.165, 1.54) is 18.7 Å². The van der Waals surface area contributed by atoms with Crippen LogP contribution in [0.4, 0.5) is 0 Å². The van der Waals surface area contributed by atoms with Crippen molar-refractivity contribution < 1.29 is 14.7 Å². The maximum absolute atomic E-state index is 11.4. The Kier molecular flexibility index (Phi) is 5.50. The van der Waals surface area contributed by atoms with Crippen molar-refractivity contribution in [2.75, 3.05) is 5.75 Å². The van der Waals surface area contributed by atoms with Crippen LogP contribution in [-0.2, 0) is 9.59 Å². The molecule has 1 atom stereocenters. The summed E-state index contributed by atoms with van der Waals surface area (Å²) in [6.07, 6.45) is 0. The van der Waals surface area contributed by atoms with E-state index in [1.807, 2.05) is 24.3 Å². The second kappa shape index (κ2) is 6.66. The highest BCUT2D eigenvalue weighted by Gasteiger charge is 2.13. The van der Waals surface area contributed by atoms with Crippen molar-refractivity contribution >= 4 is 39.6 Å². The molecule has 1 unspecified atom stereocenters. The molecule has 92 valence electrons. The van der Waals surface area contributed by atoms with Crippen LogP contribution in [-0.4, -0.2) is 28.8 Å². The maximum Gasteiger partial charge on any atom is 0.325 e. The van der Waals surface area contributed by atoms with Crippen LogP contribution in [0.25, 0.3) is 0 Å². The summed E-state index contributed by atoms with van der Waals surface area (Å²) in [4.78, 5) is 22.9. The molecule has 17 heavy (non-hydrogen) atoms. The van der Waals surface area contributed by atoms with E-state index in [0.29, 0.717) is 0 Å². The fourth-order valence-electron chi connectivity index (χ4n) is 1.05. The first-order valence-electron chi connectivity index (χ1n) is 4.89. The summed E-state index contributed by atoms with van der Waals surface area (Å²) in [5.41, 5.74) is 0. The molecule has 0 saturated heterocycles. The smallest absolute Gasteiger partial charge is 0.325 e. The first-order chi connectivity index (χ1) is 7.99. The van der Waals surface area contributed by atoms with Gasteiger partial charge in [0.1, 0.15) is 6.04 Å². The topological polar surface area (TPSA) is 66.4 Å². The molecule has 1 aromatic rings. The second-order valence-electron chi connectivity index (χ2n) is 3.37. The van der Waals surface area contributed by atoms with Crippen LogP contribution < -0.4 is 5.32 Å². The standard InChI is InChI=1S/C11H12BrNO3S/c1-7(11(15)16)13-10(14)6-17-9-4-2-3-8(12)5-9/h2-5,7H,6H2,1H3,(H,13,14)(H,15,16). The van der Waals surface area contributed by atoms with E-state index in [0.717, 1.165) is 9.37 Å². The summed E-state index contributed by atoms with van der Waals surface area (Å²) in [6, 6.07) is 6.72. The van der Waals surface area contributed by atoms with Crippen LogP contribution in [0.15, 0.2) is 33.6 Å². The number of nitrogens with one attached hydrogen (secondary N) is 1. The Morgan fingerprint density at radius 2 is 2.24 bits per heavy atom. The van der Waals surface area contributed by atoms with E-state index >= 15 is 0 Å². The number of benzene rings is 1. The van der Waals surface area contributed by atoms with Gasteiger partial charge in [0.05, 0.1) is 5.75 Å². The number of halogens is 1. The molecule has 1 rings (SSSR count). The summed E-state index contributed by atoms with van der Waals surface area (Å²) in [5.74, 6) is -1.12. The van der Waals surface area contributed by atoms with Gasteiger partial charge in [-0.15, -0.1) is 11.8 Å². The molecule has 2 N–H and O–H groups in total. The normalized spacial score (nSPS) is 11.9. The lowest BCUT2D eigenvalue weighted by molar-refractivity contribution is -0.140.